The molecule has 0 saturated carbocycles. The Labute approximate surface area is 120 Å². The summed E-state index contributed by atoms with van der Waals surface area (Å²) in [6.45, 7) is 2.89. The maximum absolute atomic E-state index is 11.9. The smallest absolute Gasteiger partial charge is 0.244 e. The van der Waals surface area contributed by atoms with E-state index in [0.29, 0.717) is 16.3 Å². The first-order chi connectivity index (χ1) is 9.33. The molecule has 1 aromatic heterocycles. The highest BCUT2D eigenvalue weighted by Gasteiger charge is 2.26. The van der Waals surface area contributed by atoms with Gasteiger partial charge in [-0.05, 0) is 25.1 Å². The molecule has 0 saturated heterocycles. The number of amides is 1. The second-order valence-electron chi connectivity index (χ2n) is 4.33. The summed E-state index contributed by atoms with van der Waals surface area (Å²) in [5.74, 6) is -0.642. The van der Waals surface area contributed by atoms with E-state index in [4.69, 9.17) is 5.73 Å². The van der Waals surface area contributed by atoms with E-state index < -0.39 is 21.0 Å². The van der Waals surface area contributed by atoms with E-state index in [1.807, 2.05) is 0 Å². The Hall–Kier alpha value is -1.67. The predicted octanol–water partition coefficient (Wildman–Crippen LogP) is 1.64. The number of nitrogen functional groups attached to an aromatic ring is 1. The summed E-state index contributed by atoms with van der Waals surface area (Å²) in [6.07, 6.45) is 0. The maximum atomic E-state index is 11.9. The number of anilines is 2. The zero-order chi connectivity index (χ0) is 14.9. The summed E-state index contributed by atoms with van der Waals surface area (Å²) in [5.41, 5.74) is 7.00. The van der Waals surface area contributed by atoms with Crippen LogP contribution in [0.4, 0.5) is 10.8 Å². The summed E-state index contributed by atoms with van der Waals surface area (Å²) in [5, 5.41) is 1.82. The number of thiazole rings is 1. The van der Waals surface area contributed by atoms with Crippen molar-refractivity contribution in [2.45, 2.75) is 19.1 Å². The molecule has 2 rings (SSSR count). The number of nitrogens with zero attached hydrogens (tertiary/aromatic N) is 1. The van der Waals surface area contributed by atoms with Crippen molar-refractivity contribution >= 4 is 48.1 Å². The highest BCUT2D eigenvalue weighted by molar-refractivity contribution is 7.92. The normalized spacial score (nSPS) is 13.3. The molecule has 0 fully saturated rings. The monoisotopic (exact) mass is 313 g/mol. The maximum Gasteiger partial charge on any atom is 0.244 e. The van der Waals surface area contributed by atoms with Gasteiger partial charge in [0, 0.05) is 11.4 Å². The van der Waals surface area contributed by atoms with Crippen molar-refractivity contribution in [1.82, 2.24) is 4.98 Å². The Bertz CT molecular complexity index is 752. The van der Waals surface area contributed by atoms with Gasteiger partial charge in [0.1, 0.15) is 5.25 Å². The van der Waals surface area contributed by atoms with Crippen molar-refractivity contribution in [2.24, 2.45) is 0 Å². The Balaban J connectivity index is 2.22. The van der Waals surface area contributed by atoms with Crippen LogP contribution in [-0.4, -0.2) is 30.3 Å². The average molecular weight is 313 g/mol. The van der Waals surface area contributed by atoms with Crippen LogP contribution in [0.5, 0.6) is 0 Å². The third kappa shape index (κ3) is 2.91. The van der Waals surface area contributed by atoms with Crippen LogP contribution in [0.3, 0.4) is 0 Å². The van der Waals surface area contributed by atoms with Crippen molar-refractivity contribution < 1.29 is 13.2 Å². The van der Waals surface area contributed by atoms with Crippen LogP contribution in [0, 0.1) is 0 Å². The number of nitrogens with two attached hydrogens (primary N) is 1. The molecule has 1 heterocycles. The van der Waals surface area contributed by atoms with Crippen LogP contribution in [0.25, 0.3) is 10.2 Å². The van der Waals surface area contributed by atoms with Crippen LogP contribution >= 0.6 is 11.3 Å². The van der Waals surface area contributed by atoms with E-state index >= 15 is 0 Å². The number of nitrogens with one attached hydrogen (secondary N) is 1. The largest absolute Gasteiger partial charge is 0.399 e. The van der Waals surface area contributed by atoms with E-state index in [2.05, 4.69) is 10.3 Å². The minimum absolute atomic E-state index is 0.0715. The number of aromatic nitrogens is 1. The number of carbonyl (C=O) groups is 1. The molecule has 0 aliphatic rings. The topological polar surface area (TPSA) is 102 Å². The SMILES string of the molecule is CCS(=O)(=O)C(C)C(=O)Nc1nc2ccc(N)cc2s1. The van der Waals surface area contributed by atoms with Crippen molar-refractivity contribution in [3.8, 4) is 0 Å². The molecule has 0 bridgehead atoms. The van der Waals surface area contributed by atoms with Crippen molar-refractivity contribution in [3.63, 3.8) is 0 Å². The van der Waals surface area contributed by atoms with Gasteiger partial charge in [-0.3, -0.25) is 4.79 Å². The quantitative estimate of drug-likeness (QED) is 0.835. The van der Waals surface area contributed by atoms with E-state index in [9.17, 15) is 13.2 Å². The van der Waals surface area contributed by atoms with Gasteiger partial charge in [0.25, 0.3) is 0 Å². The van der Waals surface area contributed by atoms with Gasteiger partial charge in [-0.2, -0.15) is 0 Å². The number of carbonyl (C=O) groups excluding carboxylic acids is 1. The molecule has 108 valence electrons. The van der Waals surface area contributed by atoms with Gasteiger partial charge in [-0.1, -0.05) is 18.3 Å². The third-order valence-electron chi connectivity index (χ3n) is 2.95. The predicted molar refractivity (Wildman–Crippen MR) is 81.6 cm³/mol. The van der Waals surface area contributed by atoms with Crippen molar-refractivity contribution in [3.05, 3.63) is 18.2 Å². The lowest BCUT2D eigenvalue weighted by Crippen LogP contribution is -2.33. The van der Waals surface area contributed by atoms with E-state index in [1.54, 1.807) is 18.2 Å². The molecule has 6 nitrogen and oxygen atoms in total. The van der Waals surface area contributed by atoms with Gasteiger partial charge in [-0.25, -0.2) is 13.4 Å². The van der Waals surface area contributed by atoms with Crippen LogP contribution in [0.1, 0.15) is 13.8 Å². The van der Waals surface area contributed by atoms with Gasteiger partial charge in [0.05, 0.1) is 10.2 Å². The fourth-order valence-corrected chi connectivity index (χ4v) is 3.42. The molecule has 2 aromatic rings. The van der Waals surface area contributed by atoms with Crippen molar-refractivity contribution in [2.75, 3.05) is 16.8 Å². The van der Waals surface area contributed by atoms with Crippen molar-refractivity contribution in [1.29, 1.82) is 0 Å². The number of hydrogen-bond acceptors (Lipinski definition) is 6. The summed E-state index contributed by atoms with van der Waals surface area (Å²) in [4.78, 5) is 16.1. The van der Waals surface area contributed by atoms with Gasteiger partial charge in [-0.15, -0.1) is 0 Å². The molecule has 0 aliphatic carbocycles. The molecular weight excluding hydrogens is 298 g/mol. The number of hydrogen-bond donors (Lipinski definition) is 2. The van der Waals surface area contributed by atoms with Gasteiger partial charge < -0.3 is 11.1 Å². The molecule has 0 radical (unpaired) electrons. The van der Waals surface area contributed by atoms with Crippen LogP contribution in [-0.2, 0) is 14.6 Å². The zero-order valence-corrected chi connectivity index (χ0v) is 12.7. The lowest BCUT2D eigenvalue weighted by molar-refractivity contribution is -0.115. The molecule has 20 heavy (non-hydrogen) atoms. The highest BCUT2D eigenvalue weighted by atomic mass is 32.2. The van der Waals surface area contributed by atoms with Gasteiger partial charge >= 0.3 is 0 Å². The number of benzene rings is 1. The first-order valence-electron chi connectivity index (χ1n) is 6.02. The summed E-state index contributed by atoms with van der Waals surface area (Å²) < 4.78 is 24.1. The Morgan fingerprint density at radius 3 is 2.85 bits per heavy atom. The molecule has 0 aliphatic heterocycles. The third-order valence-corrected chi connectivity index (χ3v) is 5.98. The zero-order valence-electron chi connectivity index (χ0n) is 11.1. The van der Waals surface area contributed by atoms with E-state index in [0.717, 1.165) is 4.70 Å². The molecule has 1 aromatic carbocycles. The van der Waals surface area contributed by atoms with Crippen LogP contribution < -0.4 is 11.1 Å². The first-order valence-corrected chi connectivity index (χ1v) is 8.55. The molecular formula is C12H15N3O3S2. The van der Waals surface area contributed by atoms with Gasteiger partial charge in [0.15, 0.2) is 15.0 Å². The molecule has 0 spiro atoms. The highest BCUT2D eigenvalue weighted by Crippen LogP contribution is 2.27. The second-order valence-corrected chi connectivity index (χ2v) is 7.97. The van der Waals surface area contributed by atoms with Crippen LogP contribution in [0.15, 0.2) is 18.2 Å². The number of rotatable bonds is 4. The summed E-state index contributed by atoms with van der Waals surface area (Å²) >= 11 is 1.26. The lowest BCUT2D eigenvalue weighted by atomic mass is 10.3. The lowest BCUT2D eigenvalue weighted by Gasteiger charge is -2.09. The molecule has 1 atom stereocenters. The second kappa shape index (κ2) is 5.37. The van der Waals surface area contributed by atoms with Crippen LogP contribution in [0.2, 0.25) is 0 Å². The average Bonchev–Trinajstić information content (AvgIpc) is 2.78. The standard InChI is InChI=1S/C12H15N3O3S2/c1-3-20(17,18)7(2)11(16)15-12-14-9-5-4-8(13)6-10(9)19-12/h4-7H,3,13H2,1-2H3,(H,14,15,16). The fourth-order valence-electron chi connectivity index (χ4n) is 1.61. The molecule has 3 N–H and O–H groups in total. The minimum atomic E-state index is -3.41. The Morgan fingerprint density at radius 1 is 1.50 bits per heavy atom. The minimum Gasteiger partial charge on any atom is -0.399 e. The van der Waals surface area contributed by atoms with Gasteiger partial charge in [0.2, 0.25) is 5.91 Å². The molecule has 8 heteroatoms. The van der Waals surface area contributed by atoms with E-state index in [1.165, 1.54) is 25.2 Å². The first kappa shape index (κ1) is 14.7. The Kier molecular flexibility index (Phi) is 3.96. The fraction of sp³-hybridized carbons (Fsp3) is 0.333. The Morgan fingerprint density at radius 2 is 2.20 bits per heavy atom. The van der Waals surface area contributed by atoms with E-state index in [-0.39, 0.29) is 5.75 Å². The molecule has 1 amide bonds. The summed E-state index contributed by atoms with van der Waals surface area (Å²) in [6, 6.07) is 5.23. The number of fused-ring (bicyclic) bond motifs is 1. The summed E-state index contributed by atoms with van der Waals surface area (Å²) in [7, 11) is -3.41. The molecule has 1 unspecified atom stereocenters. The number of sulfone groups is 1.